The molecule has 0 saturated heterocycles. The predicted octanol–water partition coefficient (Wildman–Crippen LogP) is 3.35. The summed E-state index contributed by atoms with van der Waals surface area (Å²) in [6.45, 7) is 2.22. The fraction of sp³-hybridized carbons (Fsp3) is 1.00. The maximum absolute atomic E-state index is 12.2. The minimum Gasteiger partial charge on any atom is -0.743 e. The second kappa shape index (κ2) is 7.52. The molecule has 0 aromatic rings. The van der Waals surface area contributed by atoms with Crippen molar-refractivity contribution < 1.29 is 52.5 Å². The maximum atomic E-state index is 12.2. The van der Waals surface area contributed by atoms with Gasteiger partial charge in [0, 0.05) is 0 Å². The van der Waals surface area contributed by atoms with Crippen LogP contribution in [0.2, 0.25) is 0 Å². The minimum atomic E-state index is -7.43. The van der Waals surface area contributed by atoms with Gasteiger partial charge in [0.25, 0.3) is 0 Å². The van der Waals surface area contributed by atoms with E-state index in [-0.39, 0.29) is 0 Å². The van der Waals surface area contributed by atoms with Gasteiger partial charge in [-0.05, 0) is 15.7 Å². The third-order valence-corrected chi connectivity index (χ3v) is 3.42. The number of rotatable bonds is 5. The summed E-state index contributed by atoms with van der Waals surface area (Å²) in [6.07, 6.45) is -3.04. The molecule has 0 spiro atoms. The number of hydrogen-bond acceptors (Lipinski definition) is 3. The molecule has 136 valence electrons. The Balaban J connectivity index is 0. The van der Waals surface area contributed by atoms with Gasteiger partial charge < -0.3 is 4.55 Å². The van der Waals surface area contributed by atoms with Crippen LogP contribution >= 0.6 is 9.24 Å². The van der Waals surface area contributed by atoms with Crippen LogP contribution in [-0.4, -0.2) is 42.4 Å². The summed E-state index contributed by atoms with van der Waals surface area (Å²) in [5, 5.41) is -7.11. The van der Waals surface area contributed by atoms with Crippen LogP contribution in [0.4, 0.5) is 39.5 Å². The Labute approximate surface area is 122 Å². The Morgan fingerprint density at radius 3 is 1.41 bits per heavy atom. The molecule has 0 heterocycles. The van der Waals surface area contributed by atoms with Gasteiger partial charge in [-0.1, -0.05) is 13.3 Å². The highest BCUT2D eigenvalue weighted by molar-refractivity contribution is 7.86. The summed E-state index contributed by atoms with van der Waals surface area (Å²) in [5.74, 6) is -14.8. The van der Waals surface area contributed by atoms with Gasteiger partial charge in [0.1, 0.15) is 0 Å². The number of unbranched alkanes of at least 4 members (excludes halogenated alkanes) is 1. The number of alkyl halides is 9. The highest BCUT2D eigenvalue weighted by Gasteiger charge is 2.83. The minimum absolute atomic E-state index is 1.35. The van der Waals surface area contributed by atoms with Gasteiger partial charge in [-0.25, -0.2) is 8.42 Å². The first-order valence-electron chi connectivity index (χ1n) is 5.36. The van der Waals surface area contributed by atoms with E-state index < -0.39 is 33.4 Å². The molecular weight excluding hydrogens is 378 g/mol. The molecule has 0 aliphatic carbocycles. The molecule has 1 atom stereocenters. The van der Waals surface area contributed by atoms with E-state index in [1.54, 1.807) is 0 Å². The first-order chi connectivity index (χ1) is 9.41. The lowest BCUT2D eigenvalue weighted by Crippen LogP contribution is -2.63. The van der Waals surface area contributed by atoms with Crippen molar-refractivity contribution in [1.82, 2.24) is 0 Å². The molecule has 0 aliphatic heterocycles. The van der Waals surface area contributed by atoms with Crippen LogP contribution in [0.25, 0.3) is 0 Å². The zero-order valence-electron chi connectivity index (χ0n) is 10.9. The van der Waals surface area contributed by atoms with Crippen LogP contribution in [0.1, 0.15) is 19.8 Å². The van der Waals surface area contributed by atoms with Crippen LogP contribution in [0, 0.1) is 0 Å². The summed E-state index contributed by atoms with van der Waals surface area (Å²) in [4.78, 5) is 0. The molecule has 0 bridgehead atoms. The molecule has 0 radical (unpaired) electrons. The van der Waals surface area contributed by atoms with Crippen molar-refractivity contribution in [3.63, 3.8) is 0 Å². The van der Waals surface area contributed by atoms with E-state index in [0.717, 1.165) is 0 Å². The smallest absolute Gasteiger partial charge is 0.460 e. The quantitative estimate of drug-likeness (QED) is 0.411. The first kappa shape index (κ1) is 24.0. The Morgan fingerprint density at radius 1 is 0.909 bits per heavy atom. The topological polar surface area (TPSA) is 57.2 Å². The molecular formula is C8H12F9O3PS. The average molecular weight is 390 g/mol. The summed E-state index contributed by atoms with van der Waals surface area (Å²) in [6, 6.07) is 0. The van der Waals surface area contributed by atoms with Crippen molar-refractivity contribution in [2.24, 2.45) is 0 Å². The van der Waals surface area contributed by atoms with Gasteiger partial charge in [-0.3, -0.25) is 0 Å². The monoisotopic (exact) mass is 390 g/mol. The lowest BCUT2D eigenvalue weighted by Gasteiger charge is -2.34. The van der Waals surface area contributed by atoms with Gasteiger partial charge in [-0.2, -0.15) is 39.5 Å². The summed E-state index contributed by atoms with van der Waals surface area (Å²) >= 11 is 0. The second-order valence-electron chi connectivity index (χ2n) is 3.82. The standard InChI is InChI=1S/C4HF9O3S.C4H11P/c5-1(6,3(9,10)11)2(7,8)4(12,13)17(14,15)16;1-2-3-4-5/h(H,14,15,16);2-5H2,1H3. The van der Waals surface area contributed by atoms with Crippen molar-refractivity contribution in [2.75, 3.05) is 6.16 Å². The van der Waals surface area contributed by atoms with Gasteiger partial charge in [0.2, 0.25) is 0 Å². The molecule has 0 aromatic heterocycles. The molecule has 0 saturated carbocycles. The second-order valence-corrected chi connectivity index (χ2v) is 5.95. The lowest BCUT2D eigenvalue weighted by atomic mass is 10.1. The van der Waals surface area contributed by atoms with E-state index in [0.29, 0.717) is 0 Å². The van der Waals surface area contributed by atoms with Gasteiger partial charge in [0.15, 0.2) is 10.1 Å². The van der Waals surface area contributed by atoms with Crippen LogP contribution in [-0.2, 0) is 10.1 Å². The normalized spacial score (nSPS) is 14.5. The zero-order valence-corrected chi connectivity index (χ0v) is 13.1. The van der Waals surface area contributed by atoms with Crippen molar-refractivity contribution in [2.45, 2.75) is 43.0 Å². The largest absolute Gasteiger partial charge is 0.743 e. The Kier molecular flexibility index (Phi) is 8.19. The van der Waals surface area contributed by atoms with Gasteiger partial charge in [0.05, 0.1) is 6.16 Å². The number of halogens is 9. The first-order valence-corrected chi connectivity index (χ1v) is 7.77. The highest BCUT2D eigenvalue weighted by Crippen LogP contribution is 2.54. The van der Waals surface area contributed by atoms with Crippen LogP contribution in [0.3, 0.4) is 0 Å². The molecule has 0 aliphatic rings. The summed E-state index contributed by atoms with van der Waals surface area (Å²) < 4.78 is 135. The van der Waals surface area contributed by atoms with Crippen molar-refractivity contribution in [3.8, 4) is 0 Å². The molecule has 0 amide bonds. The Hall–Kier alpha value is -0.290. The summed E-state index contributed by atoms with van der Waals surface area (Å²) in [5.41, 5.74) is 0. The SMILES string of the molecule is CCCC[PH3+].O=S(=O)([O-])C(F)(F)C(F)(F)C(F)(F)C(F)(F)F. The van der Waals surface area contributed by atoms with E-state index in [4.69, 9.17) is 0 Å². The van der Waals surface area contributed by atoms with E-state index >= 15 is 0 Å². The molecule has 22 heavy (non-hydrogen) atoms. The zero-order chi connectivity index (χ0) is 18.6. The fourth-order valence-corrected chi connectivity index (χ4v) is 1.71. The van der Waals surface area contributed by atoms with Crippen molar-refractivity contribution in [1.29, 1.82) is 0 Å². The van der Waals surface area contributed by atoms with Gasteiger partial charge >= 0.3 is 23.3 Å². The van der Waals surface area contributed by atoms with Crippen molar-refractivity contribution >= 4 is 19.4 Å². The molecule has 3 nitrogen and oxygen atoms in total. The molecule has 0 aromatic carbocycles. The fourth-order valence-electron chi connectivity index (χ4n) is 0.768. The molecule has 1 unspecified atom stereocenters. The molecule has 14 heteroatoms. The predicted molar refractivity (Wildman–Crippen MR) is 61.5 cm³/mol. The third kappa shape index (κ3) is 4.85. The number of hydrogen-bond donors (Lipinski definition) is 0. The van der Waals surface area contributed by atoms with Crippen LogP contribution < -0.4 is 0 Å². The average Bonchev–Trinajstić information content (AvgIpc) is 2.27. The maximum Gasteiger partial charge on any atom is 0.460 e. The lowest BCUT2D eigenvalue weighted by molar-refractivity contribution is -0.382. The highest BCUT2D eigenvalue weighted by atomic mass is 32.2. The molecule has 0 N–H and O–H groups in total. The third-order valence-electron chi connectivity index (χ3n) is 2.03. The van der Waals surface area contributed by atoms with E-state index in [2.05, 4.69) is 6.92 Å². The van der Waals surface area contributed by atoms with Crippen LogP contribution in [0.15, 0.2) is 0 Å². The Morgan fingerprint density at radius 2 is 1.27 bits per heavy atom. The van der Waals surface area contributed by atoms with E-state index in [1.165, 1.54) is 19.0 Å². The van der Waals surface area contributed by atoms with E-state index in [1.807, 2.05) is 9.24 Å². The van der Waals surface area contributed by atoms with E-state index in [9.17, 15) is 52.5 Å². The molecule has 0 rings (SSSR count). The van der Waals surface area contributed by atoms with Crippen LogP contribution in [0.5, 0.6) is 0 Å². The molecule has 0 fully saturated rings. The summed E-state index contributed by atoms with van der Waals surface area (Å²) in [7, 11) is -5.37. The Bertz CT molecular complexity index is 444. The van der Waals surface area contributed by atoms with Gasteiger partial charge in [-0.15, -0.1) is 0 Å². The van der Waals surface area contributed by atoms with Crippen molar-refractivity contribution in [3.05, 3.63) is 0 Å².